The maximum absolute atomic E-state index is 14.2. The van der Waals surface area contributed by atoms with Crippen molar-refractivity contribution in [2.75, 3.05) is 32.8 Å². The van der Waals surface area contributed by atoms with Gasteiger partial charge in [0.25, 0.3) is 0 Å². The van der Waals surface area contributed by atoms with Gasteiger partial charge < -0.3 is 24.4 Å². The fraction of sp³-hybridized carbons (Fsp3) is 0.667. The van der Waals surface area contributed by atoms with E-state index in [4.69, 9.17) is 9.47 Å². The van der Waals surface area contributed by atoms with Gasteiger partial charge in [0.15, 0.2) is 5.96 Å². The summed E-state index contributed by atoms with van der Waals surface area (Å²) in [5.74, 6) is -0.179. The van der Waals surface area contributed by atoms with Crippen molar-refractivity contribution in [2.24, 2.45) is 4.99 Å². The van der Waals surface area contributed by atoms with Crippen LogP contribution in [0.5, 0.6) is 5.75 Å². The van der Waals surface area contributed by atoms with Gasteiger partial charge in [-0.15, -0.1) is 24.0 Å². The predicted octanol–water partition coefficient (Wildman–Crippen LogP) is 4.17. The Hall–Kier alpha value is -1.27. The van der Waals surface area contributed by atoms with Crippen LogP contribution in [0.4, 0.5) is 13.2 Å². The second-order valence-electron chi connectivity index (χ2n) is 7.42. The zero-order chi connectivity index (χ0) is 21.3. The van der Waals surface area contributed by atoms with Crippen LogP contribution < -0.4 is 10.1 Å². The Balaban J connectivity index is 0.00000341. The number of nitrogens with one attached hydrogen (secondary N) is 1. The van der Waals surface area contributed by atoms with E-state index >= 15 is 0 Å². The number of ether oxygens (including phenoxy) is 3. The highest BCUT2D eigenvalue weighted by atomic mass is 127. The first-order chi connectivity index (χ1) is 14.6. The van der Waals surface area contributed by atoms with E-state index in [1.807, 2.05) is 6.92 Å². The van der Waals surface area contributed by atoms with Crippen molar-refractivity contribution < 1.29 is 27.4 Å². The molecule has 1 aromatic rings. The van der Waals surface area contributed by atoms with Crippen molar-refractivity contribution in [3.05, 3.63) is 29.6 Å². The molecule has 3 rings (SSSR count). The van der Waals surface area contributed by atoms with E-state index in [2.05, 4.69) is 19.9 Å². The van der Waals surface area contributed by atoms with Gasteiger partial charge in [-0.05, 0) is 44.7 Å². The third kappa shape index (κ3) is 7.98. The largest absolute Gasteiger partial charge is 0.434 e. The van der Waals surface area contributed by atoms with Crippen molar-refractivity contribution in [2.45, 2.75) is 58.0 Å². The summed E-state index contributed by atoms with van der Waals surface area (Å²) in [5.41, 5.74) is 0.0167. The lowest BCUT2D eigenvalue weighted by Crippen LogP contribution is -2.47. The molecule has 176 valence electrons. The Bertz CT molecular complexity index is 698. The molecule has 6 nitrogen and oxygen atoms in total. The van der Waals surface area contributed by atoms with Gasteiger partial charge in [-0.2, -0.15) is 8.78 Å². The Labute approximate surface area is 198 Å². The van der Waals surface area contributed by atoms with Crippen LogP contribution in [-0.4, -0.2) is 62.5 Å². The maximum atomic E-state index is 14.2. The van der Waals surface area contributed by atoms with Gasteiger partial charge in [0.05, 0.1) is 30.9 Å². The minimum absolute atomic E-state index is 0. The molecule has 0 amide bonds. The van der Waals surface area contributed by atoms with E-state index in [-0.39, 0.29) is 54.0 Å². The van der Waals surface area contributed by atoms with Crippen LogP contribution in [0.3, 0.4) is 0 Å². The molecule has 2 aliphatic heterocycles. The van der Waals surface area contributed by atoms with Crippen LogP contribution in [0, 0.1) is 5.82 Å². The molecule has 0 saturated carbocycles. The van der Waals surface area contributed by atoms with E-state index in [1.54, 1.807) is 0 Å². The lowest BCUT2D eigenvalue weighted by Gasteiger charge is -2.34. The Morgan fingerprint density at radius 3 is 2.71 bits per heavy atom. The third-order valence-electron chi connectivity index (χ3n) is 5.30. The van der Waals surface area contributed by atoms with E-state index in [1.165, 1.54) is 18.2 Å². The SMILES string of the molecule is CCNC(=NCc1c(F)cccc1OC(F)F)N1CCC(OCC2CCCO2)CC1.I. The van der Waals surface area contributed by atoms with Crippen LogP contribution in [0.1, 0.15) is 38.2 Å². The molecular formula is C21H31F3IN3O3. The Morgan fingerprint density at radius 2 is 2.06 bits per heavy atom. The zero-order valence-electron chi connectivity index (χ0n) is 17.7. The lowest BCUT2D eigenvalue weighted by molar-refractivity contribution is -0.0506. The first kappa shape index (κ1) is 26.0. The fourth-order valence-electron chi connectivity index (χ4n) is 3.73. The molecule has 0 spiro atoms. The number of piperidine rings is 1. The van der Waals surface area contributed by atoms with E-state index in [0.717, 1.165) is 45.4 Å². The quantitative estimate of drug-likeness (QED) is 0.296. The summed E-state index contributed by atoms with van der Waals surface area (Å²) in [4.78, 5) is 6.56. The fourth-order valence-corrected chi connectivity index (χ4v) is 3.73. The van der Waals surface area contributed by atoms with Crippen molar-refractivity contribution >= 4 is 29.9 Å². The molecule has 1 atom stereocenters. The van der Waals surface area contributed by atoms with Crippen LogP contribution in [0.2, 0.25) is 0 Å². The van der Waals surface area contributed by atoms with Crippen molar-refractivity contribution in [3.63, 3.8) is 0 Å². The smallest absolute Gasteiger partial charge is 0.387 e. The average molecular weight is 557 g/mol. The molecule has 0 aromatic heterocycles. The van der Waals surface area contributed by atoms with Gasteiger partial charge in [-0.1, -0.05) is 6.07 Å². The summed E-state index contributed by atoms with van der Waals surface area (Å²) in [6.07, 6.45) is 4.27. The second-order valence-corrected chi connectivity index (χ2v) is 7.42. The molecule has 2 saturated heterocycles. The lowest BCUT2D eigenvalue weighted by atomic mass is 10.1. The van der Waals surface area contributed by atoms with Crippen LogP contribution >= 0.6 is 24.0 Å². The second kappa shape index (κ2) is 13.3. The van der Waals surface area contributed by atoms with Gasteiger partial charge in [0.1, 0.15) is 11.6 Å². The normalized spacial score (nSPS) is 20.1. The summed E-state index contributed by atoms with van der Waals surface area (Å²) in [7, 11) is 0. The highest BCUT2D eigenvalue weighted by Crippen LogP contribution is 2.24. The third-order valence-corrected chi connectivity index (χ3v) is 5.30. The number of benzene rings is 1. The number of hydrogen-bond donors (Lipinski definition) is 1. The van der Waals surface area contributed by atoms with Crippen LogP contribution in [0.15, 0.2) is 23.2 Å². The first-order valence-corrected chi connectivity index (χ1v) is 10.6. The van der Waals surface area contributed by atoms with Crippen LogP contribution in [-0.2, 0) is 16.0 Å². The average Bonchev–Trinajstić information content (AvgIpc) is 3.25. The van der Waals surface area contributed by atoms with Gasteiger partial charge in [0, 0.05) is 26.2 Å². The summed E-state index contributed by atoms with van der Waals surface area (Å²) in [6, 6.07) is 3.88. The van der Waals surface area contributed by atoms with Crippen LogP contribution in [0.25, 0.3) is 0 Å². The summed E-state index contributed by atoms with van der Waals surface area (Å²) >= 11 is 0. The zero-order valence-corrected chi connectivity index (χ0v) is 20.0. The van der Waals surface area contributed by atoms with E-state index in [9.17, 15) is 13.2 Å². The minimum atomic E-state index is -3.02. The molecule has 31 heavy (non-hydrogen) atoms. The van der Waals surface area contributed by atoms with Gasteiger partial charge in [-0.3, -0.25) is 0 Å². The molecule has 2 fully saturated rings. The minimum Gasteiger partial charge on any atom is -0.434 e. The molecule has 2 aliphatic rings. The van der Waals surface area contributed by atoms with Gasteiger partial charge in [-0.25, -0.2) is 9.38 Å². The molecule has 1 unspecified atom stereocenters. The highest BCUT2D eigenvalue weighted by molar-refractivity contribution is 14.0. The number of rotatable bonds is 8. The first-order valence-electron chi connectivity index (χ1n) is 10.6. The molecule has 0 bridgehead atoms. The highest BCUT2D eigenvalue weighted by Gasteiger charge is 2.24. The summed E-state index contributed by atoms with van der Waals surface area (Å²) in [6.45, 7) is 2.44. The Kier molecular flexibility index (Phi) is 11.2. The maximum Gasteiger partial charge on any atom is 0.387 e. The van der Waals surface area contributed by atoms with E-state index < -0.39 is 12.4 Å². The van der Waals surface area contributed by atoms with Gasteiger partial charge >= 0.3 is 6.61 Å². The van der Waals surface area contributed by atoms with Crippen molar-refractivity contribution in [3.8, 4) is 5.75 Å². The van der Waals surface area contributed by atoms with Crippen molar-refractivity contribution in [1.29, 1.82) is 0 Å². The molecule has 0 aliphatic carbocycles. The Morgan fingerprint density at radius 1 is 1.29 bits per heavy atom. The molecule has 1 N–H and O–H groups in total. The molecule has 1 aromatic carbocycles. The molecule has 2 heterocycles. The standard InChI is InChI=1S/C21H30F3N3O3.HI/c1-2-25-21(26-13-17-18(22)6-3-7-19(17)30-20(23)24)27-10-8-15(9-11-27)29-14-16-5-4-12-28-16;/h3,6-7,15-16,20H,2,4-5,8-14H2,1H3,(H,25,26);1H. The molecule has 10 heteroatoms. The molecular weight excluding hydrogens is 526 g/mol. The number of halogens is 4. The molecule has 0 radical (unpaired) electrons. The number of aliphatic imine (C=N–C) groups is 1. The van der Waals surface area contributed by atoms with E-state index in [0.29, 0.717) is 19.1 Å². The van der Waals surface area contributed by atoms with Crippen molar-refractivity contribution in [1.82, 2.24) is 10.2 Å². The number of guanidine groups is 1. The summed E-state index contributed by atoms with van der Waals surface area (Å²) < 4.78 is 55.5. The number of alkyl halides is 2. The van der Waals surface area contributed by atoms with Gasteiger partial charge in [0.2, 0.25) is 0 Å². The number of nitrogens with zero attached hydrogens (tertiary/aromatic N) is 2. The number of likely N-dealkylation sites (tertiary alicyclic amines) is 1. The summed E-state index contributed by atoms with van der Waals surface area (Å²) in [5, 5.41) is 3.20. The number of hydrogen-bond acceptors (Lipinski definition) is 4. The monoisotopic (exact) mass is 557 g/mol. The topological polar surface area (TPSA) is 55.3 Å². The predicted molar refractivity (Wildman–Crippen MR) is 123 cm³/mol.